The van der Waals surface area contributed by atoms with E-state index in [0.717, 1.165) is 51.6 Å². The zero-order valence-corrected chi connectivity index (χ0v) is 13.1. The number of nitrogens with zero attached hydrogens (tertiary/aromatic N) is 1. The molecule has 0 saturated heterocycles. The van der Waals surface area contributed by atoms with Gasteiger partial charge in [-0.05, 0) is 49.1 Å². The van der Waals surface area contributed by atoms with Crippen molar-refractivity contribution in [3.63, 3.8) is 0 Å². The Bertz CT molecular complexity index is 491. The molecule has 0 spiro atoms. The summed E-state index contributed by atoms with van der Waals surface area (Å²) in [5.74, 6) is 0.443. The van der Waals surface area contributed by atoms with Gasteiger partial charge in [-0.3, -0.25) is 0 Å². The maximum Gasteiger partial charge on any atom is 0.317 e. The molecule has 4 heteroatoms. The van der Waals surface area contributed by atoms with E-state index < -0.39 is 0 Å². The van der Waals surface area contributed by atoms with Crippen molar-refractivity contribution in [2.24, 2.45) is 5.92 Å². The maximum absolute atomic E-state index is 12.6. The predicted octanol–water partition coefficient (Wildman–Crippen LogP) is 2.35. The normalized spacial score (nSPS) is 24.7. The van der Waals surface area contributed by atoms with Crippen molar-refractivity contribution in [2.75, 3.05) is 19.7 Å². The van der Waals surface area contributed by atoms with Crippen molar-refractivity contribution in [1.29, 1.82) is 0 Å². The van der Waals surface area contributed by atoms with E-state index in [2.05, 4.69) is 29.6 Å². The molecule has 2 atom stereocenters. The number of aliphatic hydroxyl groups excluding tert-OH is 1. The topological polar surface area (TPSA) is 52.6 Å². The lowest BCUT2D eigenvalue weighted by Crippen LogP contribution is -2.47. The van der Waals surface area contributed by atoms with Crippen LogP contribution < -0.4 is 5.32 Å². The molecule has 2 N–H and O–H groups in total. The van der Waals surface area contributed by atoms with Gasteiger partial charge in [0.25, 0.3) is 0 Å². The first kappa shape index (κ1) is 15.3. The summed E-state index contributed by atoms with van der Waals surface area (Å²) in [5.41, 5.74) is 2.74. The van der Waals surface area contributed by atoms with Gasteiger partial charge >= 0.3 is 6.03 Å². The average Bonchev–Trinajstić information content (AvgIpc) is 2.84. The van der Waals surface area contributed by atoms with Gasteiger partial charge in [0.1, 0.15) is 0 Å². The molecule has 1 heterocycles. The SMILES string of the molecule is O=C(N[C@@H]1CCC[C@H]1CCO)N1CCc2ccccc2CC1. The monoisotopic (exact) mass is 302 g/mol. The highest BCUT2D eigenvalue weighted by molar-refractivity contribution is 5.74. The third-order valence-corrected chi connectivity index (χ3v) is 5.18. The zero-order valence-electron chi connectivity index (χ0n) is 13.1. The third-order valence-electron chi connectivity index (χ3n) is 5.18. The Balaban J connectivity index is 1.57. The van der Waals surface area contributed by atoms with Gasteiger partial charge in [0.05, 0.1) is 0 Å². The second kappa shape index (κ2) is 7.14. The molecule has 1 fully saturated rings. The zero-order chi connectivity index (χ0) is 15.4. The number of rotatable bonds is 3. The van der Waals surface area contributed by atoms with Gasteiger partial charge in [0.15, 0.2) is 0 Å². The summed E-state index contributed by atoms with van der Waals surface area (Å²) in [5, 5.41) is 12.4. The molecule has 1 aliphatic heterocycles. The second-order valence-electron chi connectivity index (χ2n) is 6.52. The van der Waals surface area contributed by atoms with Crippen molar-refractivity contribution in [1.82, 2.24) is 10.2 Å². The Kier molecular flexibility index (Phi) is 4.98. The number of hydrogen-bond donors (Lipinski definition) is 2. The van der Waals surface area contributed by atoms with Crippen LogP contribution in [0.25, 0.3) is 0 Å². The molecule has 1 saturated carbocycles. The van der Waals surface area contributed by atoms with Gasteiger partial charge in [-0.15, -0.1) is 0 Å². The van der Waals surface area contributed by atoms with Gasteiger partial charge in [-0.2, -0.15) is 0 Å². The molecule has 2 amide bonds. The highest BCUT2D eigenvalue weighted by Gasteiger charge is 2.29. The minimum atomic E-state index is 0.0719. The first-order valence-electron chi connectivity index (χ1n) is 8.51. The lowest BCUT2D eigenvalue weighted by atomic mass is 10.0. The fourth-order valence-electron chi connectivity index (χ4n) is 3.86. The number of carbonyl (C=O) groups is 1. The third kappa shape index (κ3) is 3.43. The van der Waals surface area contributed by atoms with Crippen LogP contribution in [0.4, 0.5) is 4.79 Å². The molecule has 0 unspecified atom stereocenters. The van der Waals surface area contributed by atoms with Crippen LogP contribution in [0, 0.1) is 5.92 Å². The molecule has 0 radical (unpaired) electrons. The van der Waals surface area contributed by atoms with Gasteiger partial charge in [-0.25, -0.2) is 4.79 Å². The molecule has 0 aromatic heterocycles. The Morgan fingerprint density at radius 3 is 2.50 bits per heavy atom. The van der Waals surface area contributed by atoms with E-state index in [1.54, 1.807) is 0 Å². The second-order valence-corrected chi connectivity index (χ2v) is 6.52. The Hall–Kier alpha value is -1.55. The lowest BCUT2D eigenvalue weighted by Gasteiger charge is -2.26. The van der Waals surface area contributed by atoms with Gasteiger partial charge in [-0.1, -0.05) is 30.7 Å². The van der Waals surface area contributed by atoms with E-state index in [1.807, 2.05) is 4.90 Å². The van der Waals surface area contributed by atoms with Crippen molar-refractivity contribution in [3.05, 3.63) is 35.4 Å². The molecule has 1 aromatic carbocycles. The average molecular weight is 302 g/mol. The largest absolute Gasteiger partial charge is 0.396 e. The molecule has 1 aliphatic carbocycles. The molecule has 120 valence electrons. The number of benzene rings is 1. The maximum atomic E-state index is 12.6. The van der Waals surface area contributed by atoms with Crippen LogP contribution in [0.5, 0.6) is 0 Å². The van der Waals surface area contributed by atoms with E-state index in [0.29, 0.717) is 5.92 Å². The minimum Gasteiger partial charge on any atom is -0.396 e. The Morgan fingerprint density at radius 2 is 1.86 bits per heavy atom. The van der Waals surface area contributed by atoms with Gasteiger partial charge < -0.3 is 15.3 Å². The molecule has 0 bridgehead atoms. The van der Waals surface area contributed by atoms with Crippen LogP contribution in [-0.4, -0.2) is 41.8 Å². The Labute approximate surface area is 132 Å². The smallest absolute Gasteiger partial charge is 0.317 e. The molecule has 2 aliphatic rings. The fraction of sp³-hybridized carbons (Fsp3) is 0.611. The van der Waals surface area contributed by atoms with Crippen LogP contribution in [0.2, 0.25) is 0 Å². The van der Waals surface area contributed by atoms with E-state index in [1.165, 1.54) is 11.1 Å². The number of urea groups is 1. The first-order valence-corrected chi connectivity index (χ1v) is 8.51. The first-order chi connectivity index (χ1) is 10.8. The van der Waals surface area contributed by atoms with Crippen LogP contribution >= 0.6 is 0 Å². The fourth-order valence-corrected chi connectivity index (χ4v) is 3.86. The van der Waals surface area contributed by atoms with Gasteiger partial charge in [0.2, 0.25) is 0 Å². The van der Waals surface area contributed by atoms with Crippen molar-refractivity contribution in [2.45, 2.75) is 44.6 Å². The van der Waals surface area contributed by atoms with Crippen LogP contribution in [0.15, 0.2) is 24.3 Å². The molecule has 4 nitrogen and oxygen atoms in total. The molecule has 22 heavy (non-hydrogen) atoms. The quantitative estimate of drug-likeness (QED) is 0.900. The summed E-state index contributed by atoms with van der Waals surface area (Å²) in [7, 11) is 0. The van der Waals surface area contributed by atoms with Crippen LogP contribution in [0.3, 0.4) is 0 Å². The summed E-state index contributed by atoms with van der Waals surface area (Å²) in [4.78, 5) is 14.5. The van der Waals surface area contributed by atoms with E-state index in [4.69, 9.17) is 5.11 Å². The number of carbonyl (C=O) groups excluding carboxylic acids is 1. The predicted molar refractivity (Wildman–Crippen MR) is 86.8 cm³/mol. The highest BCUT2D eigenvalue weighted by atomic mass is 16.3. The standard InChI is InChI=1S/C18H26N2O2/c21-13-10-16-6-3-7-17(16)19-18(22)20-11-8-14-4-1-2-5-15(14)9-12-20/h1-2,4-5,16-17,21H,3,6-13H2,(H,19,22)/t16-,17+/m0/s1. The number of nitrogens with one attached hydrogen (secondary N) is 1. The number of hydrogen-bond acceptors (Lipinski definition) is 2. The molecular formula is C18H26N2O2. The van der Waals surface area contributed by atoms with Crippen molar-refractivity contribution >= 4 is 6.03 Å². The number of aliphatic hydroxyl groups is 1. The van der Waals surface area contributed by atoms with Crippen LogP contribution in [-0.2, 0) is 12.8 Å². The summed E-state index contributed by atoms with van der Waals surface area (Å²) < 4.78 is 0. The lowest BCUT2D eigenvalue weighted by molar-refractivity contribution is 0.188. The minimum absolute atomic E-state index is 0.0719. The molecule has 1 aromatic rings. The summed E-state index contributed by atoms with van der Waals surface area (Å²) in [6.45, 7) is 1.80. The highest BCUT2D eigenvalue weighted by Crippen LogP contribution is 2.28. The summed E-state index contributed by atoms with van der Waals surface area (Å²) in [6.07, 6.45) is 6.00. The van der Waals surface area contributed by atoms with Crippen molar-refractivity contribution in [3.8, 4) is 0 Å². The summed E-state index contributed by atoms with van der Waals surface area (Å²) in [6, 6.07) is 8.81. The molecule has 3 rings (SSSR count). The van der Waals surface area contributed by atoms with Crippen LogP contribution in [0.1, 0.15) is 36.8 Å². The van der Waals surface area contributed by atoms with E-state index in [-0.39, 0.29) is 18.7 Å². The van der Waals surface area contributed by atoms with E-state index >= 15 is 0 Å². The molecular weight excluding hydrogens is 276 g/mol. The van der Waals surface area contributed by atoms with Gasteiger partial charge in [0, 0.05) is 25.7 Å². The Morgan fingerprint density at radius 1 is 1.18 bits per heavy atom. The summed E-state index contributed by atoms with van der Waals surface area (Å²) >= 11 is 0. The number of amides is 2. The number of fused-ring (bicyclic) bond motifs is 1. The van der Waals surface area contributed by atoms with E-state index in [9.17, 15) is 4.79 Å². The van der Waals surface area contributed by atoms with Crippen molar-refractivity contribution < 1.29 is 9.90 Å².